The summed E-state index contributed by atoms with van der Waals surface area (Å²) < 4.78 is 13.6. The Morgan fingerprint density at radius 2 is 2.16 bits per heavy atom. The molecule has 0 aliphatic heterocycles. The van der Waals surface area contributed by atoms with E-state index >= 15 is 0 Å². The first kappa shape index (κ1) is 13.7. The lowest BCUT2D eigenvalue weighted by Crippen LogP contribution is -2.19. The quantitative estimate of drug-likeness (QED) is 0.786. The van der Waals surface area contributed by atoms with Crippen molar-refractivity contribution >= 4 is 22.8 Å². The monoisotopic (exact) mass is 277 g/mol. The highest BCUT2D eigenvalue weighted by Gasteiger charge is 2.14. The van der Waals surface area contributed by atoms with Crippen LogP contribution in [0.5, 0.6) is 0 Å². The number of carbonyl (C=O) groups is 1. The van der Waals surface area contributed by atoms with Gasteiger partial charge in [0.25, 0.3) is 0 Å². The van der Waals surface area contributed by atoms with Gasteiger partial charge in [-0.05, 0) is 53.9 Å². The molecule has 0 bridgehead atoms. The van der Waals surface area contributed by atoms with Gasteiger partial charge in [-0.15, -0.1) is 0 Å². The molecule has 1 heterocycles. The fourth-order valence-electron chi connectivity index (χ4n) is 2.01. The number of carbonyl (C=O) groups excluding carboxylic acids is 1. The van der Waals surface area contributed by atoms with Crippen molar-refractivity contribution in [2.24, 2.45) is 0 Å². The summed E-state index contributed by atoms with van der Waals surface area (Å²) in [5.74, 6) is -0.455. The van der Waals surface area contributed by atoms with Crippen LogP contribution in [0.1, 0.15) is 28.4 Å². The Kier molecular flexibility index (Phi) is 4.00. The number of nitrogens with zero attached hydrogens (tertiary/aromatic N) is 1. The Hall–Kier alpha value is -1.68. The topological polar surface area (TPSA) is 20.3 Å². The highest BCUT2D eigenvalue weighted by atomic mass is 32.1. The molecule has 0 aliphatic rings. The second kappa shape index (κ2) is 5.53. The van der Waals surface area contributed by atoms with Gasteiger partial charge in [0.05, 0.1) is 0 Å². The Morgan fingerprint density at radius 3 is 2.74 bits per heavy atom. The van der Waals surface area contributed by atoms with Crippen LogP contribution in [0.25, 0.3) is 0 Å². The zero-order valence-corrected chi connectivity index (χ0v) is 12.1. The Labute approximate surface area is 116 Å². The summed E-state index contributed by atoms with van der Waals surface area (Å²) in [5.41, 5.74) is 2.94. The zero-order valence-electron chi connectivity index (χ0n) is 11.2. The van der Waals surface area contributed by atoms with Gasteiger partial charge in [0, 0.05) is 24.8 Å². The maximum atomic E-state index is 13.6. The highest BCUT2D eigenvalue weighted by molar-refractivity contribution is 7.07. The molecule has 19 heavy (non-hydrogen) atoms. The predicted octanol–water partition coefficient (Wildman–Crippen LogP) is 4.03. The van der Waals surface area contributed by atoms with Crippen LogP contribution in [0.15, 0.2) is 29.0 Å². The van der Waals surface area contributed by atoms with Crippen LogP contribution in [-0.2, 0) is 6.54 Å². The minimum atomic E-state index is -0.335. The van der Waals surface area contributed by atoms with E-state index in [1.54, 1.807) is 24.3 Å². The number of rotatable bonds is 4. The molecule has 0 unspecified atom stereocenters. The second-order valence-electron chi connectivity index (χ2n) is 4.66. The molecule has 0 saturated carbocycles. The number of aryl methyl sites for hydroxylation is 1. The molecule has 0 atom stereocenters. The lowest BCUT2D eigenvalue weighted by Gasteiger charge is -2.22. The van der Waals surface area contributed by atoms with Crippen molar-refractivity contribution in [2.75, 3.05) is 11.9 Å². The molecule has 0 radical (unpaired) electrons. The van der Waals surface area contributed by atoms with Crippen LogP contribution >= 0.6 is 11.3 Å². The molecule has 0 amide bonds. The molecule has 1 aromatic heterocycles. The Balaban J connectivity index is 2.37. The lowest BCUT2D eigenvalue weighted by atomic mass is 10.0. The number of thiophene rings is 1. The van der Waals surface area contributed by atoms with E-state index < -0.39 is 0 Å². The third-order valence-corrected chi connectivity index (χ3v) is 3.80. The van der Waals surface area contributed by atoms with E-state index in [0.29, 0.717) is 17.7 Å². The fourth-order valence-corrected chi connectivity index (χ4v) is 2.67. The van der Waals surface area contributed by atoms with Gasteiger partial charge < -0.3 is 4.90 Å². The number of hydrogen-bond acceptors (Lipinski definition) is 3. The summed E-state index contributed by atoms with van der Waals surface area (Å²) in [4.78, 5) is 13.6. The van der Waals surface area contributed by atoms with E-state index in [2.05, 4.69) is 5.38 Å². The van der Waals surface area contributed by atoms with E-state index in [9.17, 15) is 9.18 Å². The van der Waals surface area contributed by atoms with E-state index in [1.807, 2.05) is 23.4 Å². The third kappa shape index (κ3) is 3.01. The summed E-state index contributed by atoms with van der Waals surface area (Å²) in [6.07, 6.45) is 0. The minimum Gasteiger partial charge on any atom is -0.370 e. The molecule has 2 nitrogen and oxygen atoms in total. The Morgan fingerprint density at radius 1 is 1.42 bits per heavy atom. The molecule has 0 spiro atoms. The average molecular weight is 277 g/mol. The van der Waals surface area contributed by atoms with Gasteiger partial charge in [-0.25, -0.2) is 4.39 Å². The van der Waals surface area contributed by atoms with Crippen molar-refractivity contribution in [1.82, 2.24) is 0 Å². The molecular weight excluding hydrogens is 261 g/mol. The molecule has 1 aromatic carbocycles. The first-order chi connectivity index (χ1) is 8.99. The van der Waals surface area contributed by atoms with Crippen LogP contribution < -0.4 is 4.90 Å². The molecule has 0 aliphatic carbocycles. The second-order valence-corrected chi connectivity index (χ2v) is 5.44. The summed E-state index contributed by atoms with van der Waals surface area (Å²) in [7, 11) is 1.91. The van der Waals surface area contributed by atoms with Gasteiger partial charge in [0.1, 0.15) is 5.82 Å². The number of Topliss-reactive ketones (excluding diaryl/α,β-unsaturated/α-hetero) is 1. The minimum absolute atomic E-state index is 0.119. The van der Waals surface area contributed by atoms with Crippen molar-refractivity contribution in [2.45, 2.75) is 20.4 Å². The number of hydrogen-bond donors (Lipinski definition) is 0. The molecule has 0 saturated heterocycles. The number of anilines is 1. The van der Waals surface area contributed by atoms with Crippen molar-refractivity contribution in [3.8, 4) is 0 Å². The smallest absolute Gasteiger partial charge is 0.161 e. The van der Waals surface area contributed by atoms with E-state index in [0.717, 1.165) is 5.69 Å². The van der Waals surface area contributed by atoms with Crippen molar-refractivity contribution in [1.29, 1.82) is 0 Å². The maximum absolute atomic E-state index is 13.6. The highest BCUT2D eigenvalue weighted by Crippen LogP contribution is 2.25. The molecule has 0 N–H and O–H groups in total. The summed E-state index contributed by atoms with van der Waals surface area (Å²) in [6.45, 7) is 3.88. The van der Waals surface area contributed by atoms with Gasteiger partial charge in [-0.3, -0.25) is 4.79 Å². The van der Waals surface area contributed by atoms with Crippen LogP contribution in [0.2, 0.25) is 0 Å². The SMILES string of the molecule is CC(=O)c1cc(F)c(C)cc1N(C)Cc1ccsc1. The average Bonchev–Trinajstić information content (AvgIpc) is 2.84. The van der Waals surface area contributed by atoms with Crippen molar-refractivity contribution < 1.29 is 9.18 Å². The van der Waals surface area contributed by atoms with Gasteiger partial charge in [-0.2, -0.15) is 11.3 Å². The van der Waals surface area contributed by atoms with Gasteiger partial charge in [-0.1, -0.05) is 0 Å². The van der Waals surface area contributed by atoms with Gasteiger partial charge >= 0.3 is 0 Å². The van der Waals surface area contributed by atoms with Crippen LogP contribution in [0.3, 0.4) is 0 Å². The third-order valence-electron chi connectivity index (χ3n) is 3.07. The molecule has 2 rings (SSSR count). The van der Waals surface area contributed by atoms with Crippen LogP contribution in [0, 0.1) is 12.7 Å². The molecular formula is C15H16FNOS. The fraction of sp³-hybridized carbons (Fsp3) is 0.267. The van der Waals surface area contributed by atoms with Crippen LogP contribution in [-0.4, -0.2) is 12.8 Å². The van der Waals surface area contributed by atoms with E-state index in [-0.39, 0.29) is 11.6 Å². The van der Waals surface area contributed by atoms with Gasteiger partial charge in [0.2, 0.25) is 0 Å². The van der Waals surface area contributed by atoms with E-state index in [4.69, 9.17) is 0 Å². The lowest BCUT2D eigenvalue weighted by molar-refractivity contribution is 0.101. The summed E-state index contributed by atoms with van der Waals surface area (Å²) in [5, 5.41) is 4.09. The standard InChI is InChI=1S/C15H16FNOS/c1-10-6-15(13(11(2)18)7-14(10)16)17(3)8-12-4-5-19-9-12/h4-7,9H,8H2,1-3H3. The van der Waals surface area contributed by atoms with E-state index in [1.165, 1.54) is 18.6 Å². The number of benzene rings is 1. The molecule has 2 aromatic rings. The first-order valence-electron chi connectivity index (χ1n) is 6.02. The molecule has 100 valence electrons. The number of ketones is 1. The summed E-state index contributed by atoms with van der Waals surface area (Å²) >= 11 is 1.64. The van der Waals surface area contributed by atoms with Gasteiger partial charge in [0.15, 0.2) is 5.78 Å². The Bertz CT molecular complexity index is 592. The summed E-state index contributed by atoms with van der Waals surface area (Å²) in [6, 6.07) is 5.11. The molecule has 0 fully saturated rings. The molecule has 4 heteroatoms. The largest absolute Gasteiger partial charge is 0.370 e. The number of halogens is 1. The normalized spacial score (nSPS) is 10.5. The van der Waals surface area contributed by atoms with Crippen LogP contribution in [0.4, 0.5) is 10.1 Å². The zero-order chi connectivity index (χ0) is 14.0. The maximum Gasteiger partial charge on any atom is 0.161 e. The first-order valence-corrected chi connectivity index (χ1v) is 6.96. The van der Waals surface area contributed by atoms with Crippen molar-refractivity contribution in [3.63, 3.8) is 0 Å². The van der Waals surface area contributed by atoms with Crippen molar-refractivity contribution in [3.05, 3.63) is 51.5 Å². The predicted molar refractivity (Wildman–Crippen MR) is 77.6 cm³/mol.